The summed E-state index contributed by atoms with van der Waals surface area (Å²) in [6.07, 6.45) is 4.85. The standard InChI is InChI=1S/C29H44N4O/c1-20-15-25(32-33(20)9)19-30-26(34)29(13-11-10-12-14-29)31-21(2)22-16-23(27(3,4)5)18-24(17-22)28(6,7)8/h15-18,31H,2,10-14,19H2,1,3-9H3,(H,30,34). The minimum atomic E-state index is -0.640. The minimum absolute atomic E-state index is 0.0248. The van der Waals surface area contributed by atoms with Crippen LogP contribution >= 0.6 is 0 Å². The van der Waals surface area contributed by atoms with Crippen LogP contribution in [0.5, 0.6) is 0 Å². The second-order valence-electron chi connectivity index (χ2n) is 12.1. The van der Waals surface area contributed by atoms with E-state index in [0.29, 0.717) is 6.54 Å². The Hall–Kier alpha value is -2.56. The van der Waals surface area contributed by atoms with Crippen molar-refractivity contribution in [3.05, 3.63) is 58.9 Å². The minimum Gasteiger partial charge on any atom is -0.371 e. The molecule has 5 heteroatoms. The lowest BCUT2D eigenvalue weighted by Crippen LogP contribution is -2.57. The summed E-state index contributed by atoms with van der Waals surface area (Å²) in [5.74, 6) is 0.0414. The average molecular weight is 465 g/mol. The first-order valence-corrected chi connectivity index (χ1v) is 12.6. The summed E-state index contributed by atoms with van der Waals surface area (Å²) < 4.78 is 1.84. The normalized spacial score (nSPS) is 16.2. The highest BCUT2D eigenvalue weighted by Gasteiger charge is 2.40. The van der Waals surface area contributed by atoms with Gasteiger partial charge in [-0.2, -0.15) is 5.10 Å². The molecule has 0 aliphatic heterocycles. The van der Waals surface area contributed by atoms with Crippen molar-refractivity contribution in [3.8, 4) is 0 Å². The van der Waals surface area contributed by atoms with E-state index < -0.39 is 5.54 Å². The topological polar surface area (TPSA) is 59.0 Å². The highest BCUT2D eigenvalue weighted by atomic mass is 16.2. The van der Waals surface area contributed by atoms with E-state index >= 15 is 0 Å². The van der Waals surface area contributed by atoms with Gasteiger partial charge in [-0.15, -0.1) is 0 Å². The van der Waals surface area contributed by atoms with Crippen LogP contribution in [-0.4, -0.2) is 21.2 Å². The molecule has 1 aliphatic carbocycles. The van der Waals surface area contributed by atoms with Crippen LogP contribution in [0.4, 0.5) is 0 Å². The Morgan fingerprint density at radius 3 is 2.03 bits per heavy atom. The van der Waals surface area contributed by atoms with Crippen molar-refractivity contribution in [3.63, 3.8) is 0 Å². The molecule has 1 aliphatic rings. The molecule has 0 spiro atoms. The fourth-order valence-corrected chi connectivity index (χ4v) is 4.65. The van der Waals surface area contributed by atoms with E-state index in [1.165, 1.54) is 11.1 Å². The fourth-order valence-electron chi connectivity index (χ4n) is 4.65. The van der Waals surface area contributed by atoms with Crippen LogP contribution < -0.4 is 10.6 Å². The number of rotatable bonds is 6. The summed E-state index contributed by atoms with van der Waals surface area (Å²) in [5.41, 5.74) is 5.82. The first-order chi connectivity index (χ1) is 15.7. The van der Waals surface area contributed by atoms with Gasteiger partial charge in [0.1, 0.15) is 5.54 Å². The second-order valence-corrected chi connectivity index (χ2v) is 12.1. The molecule has 1 aromatic carbocycles. The summed E-state index contributed by atoms with van der Waals surface area (Å²) in [7, 11) is 1.92. The van der Waals surface area contributed by atoms with E-state index in [9.17, 15) is 4.79 Å². The molecule has 3 rings (SSSR count). The SMILES string of the molecule is C=C(NC1(C(=O)NCc2cc(C)n(C)n2)CCCCC1)c1cc(C(C)(C)C)cc(C(C)(C)C)c1. The smallest absolute Gasteiger partial charge is 0.245 e. The molecule has 1 heterocycles. The van der Waals surface area contributed by atoms with Crippen LogP contribution in [0.1, 0.15) is 102 Å². The maximum Gasteiger partial charge on any atom is 0.245 e. The molecule has 186 valence electrons. The predicted octanol–water partition coefficient (Wildman–Crippen LogP) is 5.90. The summed E-state index contributed by atoms with van der Waals surface area (Å²) in [6, 6.07) is 8.80. The first kappa shape index (κ1) is 26.1. The zero-order valence-corrected chi connectivity index (χ0v) is 22.6. The molecule has 5 nitrogen and oxygen atoms in total. The van der Waals surface area contributed by atoms with Crippen LogP contribution in [0.2, 0.25) is 0 Å². The van der Waals surface area contributed by atoms with Gasteiger partial charge < -0.3 is 10.6 Å². The van der Waals surface area contributed by atoms with Gasteiger partial charge >= 0.3 is 0 Å². The summed E-state index contributed by atoms with van der Waals surface area (Å²) in [4.78, 5) is 13.6. The van der Waals surface area contributed by atoms with Gasteiger partial charge in [0.15, 0.2) is 0 Å². The van der Waals surface area contributed by atoms with Crippen LogP contribution in [0, 0.1) is 6.92 Å². The Labute approximate surface area is 206 Å². The molecule has 1 amide bonds. The van der Waals surface area contributed by atoms with Gasteiger partial charge in [-0.05, 0) is 65.5 Å². The maximum atomic E-state index is 13.6. The Morgan fingerprint density at radius 2 is 1.56 bits per heavy atom. The van der Waals surface area contributed by atoms with E-state index in [2.05, 4.69) is 82.1 Å². The Balaban J connectivity index is 1.87. The quantitative estimate of drug-likeness (QED) is 0.559. The van der Waals surface area contributed by atoms with E-state index in [4.69, 9.17) is 0 Å². The van der Waals surface area contributed by atoms with E-state index in [1.54, 1.807) is 0 Å². The third kappa shape index (κ3) is 5.92. The molecule has 2 N–H and O–H groups in total. The number of nitrogens with one attached hydrogen (secondary N) is 2. The summed E-state index contributed by atoms with van der Waals surface area (Å²) in [5, 5.41) is 11.3. The van der Waals surface area contributed by atoms with Crippen LogP contribution in [0.15, 0.2) is 30.8 Å². The molecule has 1 saturated carbocycles. The predicted molar refractivity (Wildman–Crippen MR) is 142 cm³/mol. The molecular formula is C29H44N4O. The molecule has 0 radical (unpaired) electrons. The number of benzene rings is 1. The number of carbonyl (C=O) groups is 1. The number of hydrogen-bond acceptors (Lipinski definition) is 3. The van der Waals surface area contributed by atoms with E-state index in [0.717, 1.165) is 54.8 Å². The number of carbonyl (C=O) groups excluding carboxylic acids is 1. The van der Waals surface area contributed by atoms with Crippen molar-refractivity contribution in [1.29, 1.82) is 0 Å². The molecule has 0 unspecified atom stereocenters. The van der Waals surface area contributed by atoms with Gasteiger partial charge in [-0.25, -0.2) is 0 Å². The van der Waals surface area contributed by atoms with Gasteiger partial charge in [0, 0.05) is 18.4 Å². The zero-order chi connectivity index (χ0) is 25.3. The van der Waals surface area contributed by atoms with Crippen LogP contribution in [-0.2, 0) is 29.2 Å². The molecule has 0 bridgehead atoms. The lowest BCUT2D eigenvalue weighted by Gasteiger charge is -2.38. The van der Waals surface area contributed by atoms with Crippen LogP contribution in [0.25, 0.3) is 5.70 Å². The van der Waals surface area contributed by atoms with Crippen molar-refractivity contribution in [1.82, 2.24) is 20.4 Å². The molecular weight excluding hydrogens is 420 g/mol. The van der Waals surface area contributed by atoms with Gasteiger partial charge in [0.2, 0.25) is 5.91 Å². The maximum absolute atomic E-state index is 13.6. The Morgan fingerprint density at radius 1 is 1.00 bits per heavy atom. The number of aryl methyl sites for hydroxylation is 2. The van der Waals surface area contributed by atoms with Crippen molar-refractivity contribution < 1.29 is 4.79 Å². The number of amides is 1. The van der Waals surface area contributed by atoms with Gasteiger partial charge in [0.25, 0.3) is 0 Å². The Bertz CT molecular complexity index is 991. The molecule has 1 fully saturated rings. The van der Waals surface area contributed by atoms with Gasteiger partial charge in [-0.1, -0.05) is 73.5 Å². The van der Waals surface area contributed by atoms with Crippen molar-refractivity contribution in [2.45, 2.75) is 103 Å². The lowest BCUT2D eigenvalue weighted by atomic mass is 9.78. The van der Waals surface area contributed by atoms with Gasteiger partial charge in [0.05, 0.1) is 12.2 Å². The number of aromatic nitrogens is 2. The van der Waals surface area contributed by atoms with Crippen molar-refractivity contribution in [2.75, 3.05) is 0 Å². The number of hydrogen-bond donors (Lipinski definition) is 2. The molecule has 0 atom stereocenters. The van der Waals surface area contributed by atoms with Crippen LogP contribution in [0.3, 0.4) is 0 Å². The van der Waals surface area contributed by atoms with Gasteiger partial charge in [-0.3, -0.25) is 9.48 Å². The largest absolute Gasteiger partial charge is 0.371 e. The average Bonchev–Trinajstić information content (AvgIpc) is 3.08. The summed E-state index contributed by atoms with van der Waals surface area (Å²) >= 11 is 0. The molecule has 2 aromatic rings. The fraction of sp³-hybridized carbons (Fsp3) is 0.586. The second kappa shape index (κ2) is 9.59. The highest BCUT2D eigenvalue weighted by Crippen LogP contribution is 2.34. The van der Waals surface area contributed by atoms with E-state index in [-0.39, 0.29) is 16.7 Å². The zero-order valence-electron chi connectivity index (χ0n) is 22.6. The monoisotopic (exact) mass is 464 g/mol. The van der Waals surface area contributed by atoms with E-state index in [1.807, 2.05) is 24.7 Å². The lowest BCUT2D eigenvalue weighted by molar-refractivity contribution is -0.128. The summed E-state index contributed by atoms with van der Waals surface area (Å²) in [6.45, 7) is 20.3. The first-order valence-electron chi connectivity index (χ1n) is 12.6. The molecule has 34 heavy (non-hydrogen) atoms. The molecule has 1 aromatic heterocycles. The third-order valence-corrected chi connectivity index (χ3v) is 7.14. The number of nitrogens with zero attached hydrogens (tertiary/aromatic N) is 2. The molecule has 0 saturated heterocycles. The highest BCUT2D eigenvalue weighted by molar-refractivity contribution is 5.88. The Kier molecular flexibility index (Phi) is 7.35. The van der Waals surface area contributed by atoms with Crippen molar-refractivity contribution >= 4 is 11.6 Å². The third-order valence-electron chi connectivity index (χ3n) is 7.14. The van der Waals surface area contributed by atoms with Crippen molar-refractivity contribution in [2.24, 2.45) is 7.05 Å².